The second-order valence-corrected chi connectivity index (χ2v) is 13.7. The SMILES string of the molecule is CCCCCCCCCCCCOS(=O)(=O)c1ccccc1.O=S(=O)([O-])c1ccccc1.O=S(=O)([O-])c1ccccc1.[NH4+].[NH4+]. The average molecular weight is 677 g/mol. The fourth-order valence-electron chi connectivity index (χ4n) is 3.59. The maximum atomic E-state index is 11.9. The number of hydrogen-bond donors (Lipinski definition) is 2. The minimum Gasteiger partial charge on any atom is -0.744 e. The predicted molar refractivity (Wildman–Crippen MR) is 172 cm³/mol. The van der Waals surface area contributed by atoms with Gasteiger partial charge in [0.25, 0.3) is 10.1 Å². The molecule has 0 aliphatic carbocycles. The molecule has 0 aromatic heterocycles. The molecule has 44 heavy (non-hydrogen) atoms. The summed E-state index contributed by atoms with van der Waals surface area (Å²) in [5, 5.41) is 0. The third-order valence-electron chi connectivity index (χ3n) is 5.83. The lowest BCUT2D eigenvalue weighted by Crippen LogP contribution is -2.07. The van der Waals surface area contributed by atoms with Crippen LogP contribution in [-0.2, 0) is 34.5 Å². The van der Waals surface area contributed by atoms with Crippen molar-refractivity contribution in [1.29, 1.82) is 0 Å². The first-order valence-corrected chi connectivity index (χ1v) is 18.1. The Kier molecular flexibility index (Phi) is 23.4. The number of quaternary nitrogens is 2. The topological polar surface area (TPSA) is 231 Å². The Morgan fingerprint density at radius 3 is 1.07 bits per heavy atom. The zero-order valence-electron chi connectivity index (χ0n) is 25.8. The zero-order chi connectivity index (χ0) is 31.3. The molecule has 3 aromatic carbocycles. The lowest BCUT2D eigenvalue weighted by atomic mass is 10.1. The largest absolute Gasteiger partial charge is 0.744 e. The third-order valence-corrected chi connectivity index (χ3v) is 8.86. The van der Waals surface area contributed by atoms with E-state index in [-0.39, 0.29) is 33.6 Å². The molecule has 3 aromatic rings. The van der Waals surface area contributed by atoms with Crippen molar-refractivity contribution >= 4 is 30.4 Å². The van der Waals surface area contributed by atoms with Gasteiger partial charge in [-0.05, 0) is 42.8 Å². The second kappa shape index (κ2) is 23.7. The molecule has 0 saturated heterocycles. The molecule has 0 aliphatic rings. The van der Waals surface area contributed by atoms with Crippen molar-refractivity contribution in [1.82, 2.24) is 12.3 Å². The Hall–Kier alpha value is -2.69. The highest BCUT2D eigenvalue weighted by Gasteiger charge is 2.13. The summed E-state index contributed by atoms with van der Waals surface area (Å²) in [5.74, 6) is 0. The first-order valence-electron chi connectivity index (χ1n) is 13.8. The maximum Gasteiger partial charge on any atom is 0.296 e. The van der Waals surface area contributed by atoms with Crippen LogP contribution in [0.1, 0.15) is 71.1 Å². The van der Waals surface area contributed by atoms with Crippen molar-refractivity contribution in [2.45, 2.75) is 85.8 Å². The van der Waals surface area contributed by atoms with Gasteiger partial charge in [-0.2, -0.15) is 8.42 Å². The molecule has 3 rings (SSSR count). The molecule has 8 N–H and O–H groups in total. The molecule has 0 unspecified atom stereocenters. The highest BCUT2D eigenvalue weighted by Crippen LogP contribution is 2.14. The van der Waals surface area contributed by atoms with Crippen LogP contribution in [0.15, 0.2) is 106 Å². The fourth-order valence-corrected chi connectivity index (χ4v) is 5.53. The molecule has 14 heteroatoms. The molecule has 0 atom stereocenters. The number of rotatable bonds is 15. The van der Waals surface area contributed by atoms with Gasteiger partial charge >= 0.3 is 0 Å². The Morgan fingerprint density at radius 1 is 0.477 bits per heavy atom. The first kappa shape index (κ1) is 43.4. The van der Waals surface area contributed by atoms with E-state index in [9.17, 15) is 34.4 Å². The van der Waals surface area contributed by atoms with Crippen molar-refractivity contribution in [2.75, 3.05) is 6.61 Å². The summed E-state index contributed by atoms with van der Waals surface area (Å²) >= 11 is 0. The first-order chi connectivity index (χ1) is 19.9. The summed E-state index contributed by atoms with van der Waals surface area (Å²) in [6.07, 6.45) is 12.3. The Morgan fingerprint density at radius 2 is 0.773 bits per heavy atom. The minimum absolute atomic E-state index is 0. The van der Waals surface area contributed by atoms with Gasteiger partial charge in [-0.3, -0.25) is 4.18 Å². The molecule has 0 amide bonds. The van der Waals surface area contributed by atoms with E-state index in [4.69, 9.17) is 4.18 Å². The van der Waals surface area contributed by atoms with E-state index in [1.165, 1.54) is 99.9 Å². The highest BCUT2D eigenvalue weighted by molar-refractivity contribution is 7.87. The van der Waals surface area contributed by atoms with Crippen molar-refractivity contribution in [3.63, 3.8) is 0 Å². The van der Waals surface area contributed by atoms with E-state index >= 15 is 0 Å². The fraction of sp³-hybridized carbons (Fsp3) is 0.400. The van der Waals surface area contributed by atoms with Crippen molar-refractivity contribution in [3.05, 3.63) is 91.0 Å². The summed E-state index contributed by atoms with van der Waals surface area (Å²) in [5.41, 5.74) is 0. The van der Waals surface area contributed by atoms with Gasteiger partial charge in [0.05, 0.1) is 21.3 Å². The van der Waals surface area contributed by atoms with Gasteiger partial charge in [0.2, 0.25) is 0 Å². The van der Waals surface area contributed by atoms with Gasteiger partial charge in [0.1, 0.15) is 20.2 Å². The number of unbranched alkanes of at least 4 members (excludes halogenated alkanes) is 9. The zero-order valence-corrected chi connectivity index (χ0v) is 28.3. The van der Waals surface area contributed by atoms with Crippen molar-refractivity contribution in [2.24, 2.45) is 0 Å². The summed E-state index contributed by atoms with van der Waals surface area (Å²) in [7, 11) is -12.1. The van der Waals surface area contributed by atoms with Gasteiger partial charge in [-0.15, -0.1) is 0 Å². The monoisotopic (exact) mass is 676 g/mol. The Labute approximate surface area is 263 Å². The van der Waals surface area contributed by atoms with E-state index in [1.54, 1.807) is 42.5 Å². The summed E-state index contributed by atoms with van der Waals surface area (Å²) in [6, 6.07) is 22.7. The van der Waals surface area contributed by atoms with Crippen LogP contribution in [0.5, 0.6) is 0 Å². The minimum atomic E-state index is -4.25. The molecule has 11 nitrogen and oxygen atoms in total. The predicted octanol–water partition coefficient (Wildman–Crippen LogP) is 7.25. The summed E-state index contributed by atoms with van der Waals surface area (Å²) in [4.78, 5) is -0.132. The third kappa shape index (κ3) is 20.3. The summed E-state index contributed by atoms with van der Waals surface area (Å²) < 4.78 is 90.5. The van der Waals surface area contributed by atoms with Gasteiger partial charge in [0.15, 0.2) is 0 Å². The van der Waals surface area contributed by atoms with Crippen LogP contribution in [0, 0.1) is 0 Å². The van der Waals surface area contributed by atoms with E-state index in [1.807, 2.05) is 0 Å². The molecular formula is C30H48N2O9S3. The van der Waals surface area contributed by atoms with Crippen molar-refractivity contribution in [3.8, 4) is 0 Å². The van der Waals surface area contributed by atoms with Gasteiger partial charge in [0, 0.05) is 0 Å². The highest BCUT2D eigenvalue weighted by atomic mass is 32.2. The van der Waals surface area contributed by atoms with Gasteiger partial charge < -0.3 is 21.4 Å². The Bertz CT molecular complexity index is 1370. The maximum absolute atomic E-state index is 11.9. The van der Waals surface area contributed by atoms with Gasteiger partial charge in [-0.1, -0.05) is 119 Å². The normalized spacial score (nSPS) is 11.0. The molecule has 0 radical (unpaired) electrons. The lowest BCUT2D eigenvalue weighted by Gasteiger charge is -2.05. The summed E-state index contributed by atoms with van der Waals surface area (Å²) in [6.45, 7) is 2.52. The van der Waals surface area contributed by atoms with Crippen LogP contribution in [-0.4, -0.2) is 41.0 Å². The van der Waals surface area contributed by atoms with E-state index in [0.717, 1.165) is 12.8 Å². The van der Waals surface area contributed by atoms with E-state index in [2.05, 4.69) is 6.92 Å². The Balaban J connectivity index is 0. The molecule has 0 aliphatic heterocycles. The van der Waals surface area contributed by atoms with Crippen LogP contribution in [0.25, 0.3) is 0 Å². The average Bonchev–Trinajstić information content (AvgIpc) is 2.97. The molecule has 250 valence electrons. The van der Waals surface area contributed by atoms with E-state index in [0.29, 0.717) is 0 Å². The van der Waals surface area contributed by atoms with Crippen LogP contribution in [0.2, 0.25) is 0 Å². The van der Waals surface area contributed by atoms with Crippen LogP contribution >= 0.6 is 0 Å². The quantitative estimate of drug-likeness (QED) is 0.0936. The van der Waals surface area contributed by atoms with Crippen LogP contribution < -0.4 is 12.3 Å². The molecule has 0 saturated carbocycles. The second-order valence-electron chi connectivity index (χ2n) is 9.31. The number of benzene rings is 3. The van der Waals surface area contributed by atoms with Crippen molar-refractivity contribution < 1.29 is 38.5 Å². The lowest BCUT2D eigenvalue weighted by molar-refractivity contribution is 0.306. The van der Waals surface area contributed by atoms with Gasteiger partial charge in [-0.25, -0.2) is 16.8 Å². The van der Waals surface area contributed by atoms with E-state index < -0.39 is 30.4 Å². The number of hydrogen-bond acceptors (Lipinski definition) is 9. The van der Waals surface area contributed by atoms with Crippen LogP contribution in [0.4, 0.5) is 0 Å². The molecule has 0 heterocycles. The molecule has 0 fully saturated rings. The molecule has 0 bridgehead atoms. The van der Waals surface area contributed by atoms with Crippen LogP contribution in [0.3, 0.4) is 0 Å². The molecular weight excluding hydrogens is 629 g/mol. The standard InChI is InChI=1S/C18H30O3S.2C6H6O3S.2H3N/c1-2-3-4-5-6-7-8-9-10-14-17-21-22(19,20)18-15-12-11-13-16-18;2*7-10(8,9)6-4-2-1-3-5-6;;/h11-13,15-16H,2-10,14,17H2,1H3;2*1-5H,(H,7,8,9);2*1H3. The molecule has 0 spiro atoms. The smallest absolute Gasteiger partial charge is 0.296 e.